The van der Waals surface area contributed by atoms with Crippen LogP contribution in [0.15, 0.2) is 36.9 Å². The highest BCUT2D eigenvalue weighted by Gasteiger charge is 2.26. The zero-order chi connectivity index (χ0) is 13.7. The predicted molar refractivity (Wildman–Crippen MR) is 80.6 cm³/mol. The molecule has 0 aromatic heterocycles. The molecule has 1 fully saturated rings. The summed E-state index contributed by atoms with van der Waals surface area (Å²) in [6.45, 7) is 3.67. The Morgan fingerprint density at radius 3 is 2.42 bits per heavy atom. The molecule has 2 rings (SSSR count). The van der Waals surface area contributed by atoms with Gasteiger partial charge in [0.15, 0.2) is 0 Å². The molecule has 1 nitrogen and oxygen atoms in total. The topological polar surface area (TPSA) is 17.1 Å². The van der Waals surface area contributed by atoms with Gasteiger partial charge in [-0.2, -0.15) is 0 Å². The lowest BCUT2D eigenvalue weighted by Gasteiger charge is -2.28. The van der Waals surface area contributed by atoms with Gasteiger partial charge in [-0.25, -0.2) is 0 Å². The number of allylic oxidation sites excluding steroid dienone is 1. The number of carbonyl (C=O) groups is 1. The summed E-state index contributed by atoms with van der Waals surface area (Å²) in [6.07, 6.45) is 7.61. The quantitative estimate of drug-likeness (QED) is 0.680. The number of hydrogen-bond donors (Lipinski definition) is 0. The minimum atomic E-state index is 0.281. The second kappa shape index (κ2) is 6.91. The minimum Gasteiger partial charge on any atom is -0.299 e. The van der Waals surface area contributed by atoms with Gasteiger partial charge in [-0.15, -0.1) is 6.58 Å². The number of halogens is 1. The van der Waals surface area contributed by atoms with Crippen LogP contribution in [-0.4, -0.2) is 5.78 Å². The van der Waals surface area contributed by atoms with Gasteiger partial charge in [-0.1, -0.05) is 29.8 Å². The van der Waals surface area contributed by atoms with E-state index in [-0.39, 0.29) is 5.92 Å². The second-order valence-corrected chi connectivity index (χ2v) is 5.83. The summed E-state index contributed by atoms with van der Waals surface area (Å²) < 4.78 is 0. The molecule has 1 aliphatic carbocycles. The van der Waals surface area contributed by atoms with Crippen LogP contribution in [0.5, 0.6) is 0 Å². The molecular formula is C17H21ClO. The van der Waals surface area contributed by atoms with Crippen LogP contribution in [0, 0.1) is 5.92 Å². The molecule has 0 saturated heterocycles. The fraction of sp³-hybridized carbons (Fsp3) is 0.471. The van der Waals surface area contributed by atoms with Crippen LogP contribution in [0.2, 0.25) is 5.02 Å². The maximum Gasteiger partial charge on any atom is 0.136 e. The first-order chi connectivity index (χ1) is 9.20. The van der Waals surface area contributed by atoms with Crippen molar-refractivity contribution in [1.82, 2.24) is 0 Å². The lowest BCUT2D eigenvalue weighted by Crippen LogP contribution is -2.20. The number of Topliss-reactive ketones (excluding diaryl/α,β-unsaturated/α-hetero) is 1. The third kappa shape index (κ3) is 3.94. The van der Waals surface area contributed by atoms with Crippen LogP contribution >= 0.6 is 11.6 Å². The van der Waals surface area contributed by atoms with Crippen LogP contribution in [0.4, 0.5) is 0 Å². The first-order valence-electron chi connectivity index (χ1n) is 7.09. The Morgan fingerprint density at radius 2 is 1.84 bits per heavy atom. The Bertz CT molecular complexity index is 427. The average Bonchev–Trinajstić information content (AvgIpc) is 2.46. The average molecular weight is 277 g/mol. The van der Waals surface area contributed by atoms with E-state index in [0.29, 0.717) is 18.1 Å². The zero-order valence-corrected chi connectivity index (χ0v) is 12.0. The maximum absolute atomic E-state index is 12.0. The van der Waals surface area contributed by atoms with E-state index >= 15 is 0 Å². The Kier molecular flexibility index (Phi) is 5.21. The van der Waals surface area contributed by atoms with Gasteiger partial charge in [0.1, 0.15) is 5.78 Å². The van der Waals surface area contributed by atoms with Crippen LogP contribution in [0.3, 0.4) is 0 Å². The molecule has 1 aromatic rings. The summed E-state index contributed by atoms with van der Waals surface area (Å²) in [5.41, 5.74) is 1.36. The second-order valence-electron chi connectivity index (χ2n) is 5.39. The molecule has 0 atom stereocenters. The molecule has 102 valence electrons. The van der Waals surface area contributed by atoms with Gasteiger partial charge in [0.2, 0.25) is 0 Å². The van der Waals surface area contributed by atoms with Crippen LogP contribution in [0.1, 0.15) is 50.0 Å². The van der Waals surface area contributed by atoms with Gasteiger partial charge < -0.3 is 0 Å². The summed E-state index contributed by atoms with van der Waals surface area (Å²) >= 11 is 5.91. The summed E-state index contributed by atoms with van der Waals surface area (Å²) in [5, 5.41) is 0.789. The van der Waals surface area contributed by atoms with Crippen molar-refractivity contribution in [2.75, 3.05) is 0 Å². The highest BCUT2D eigenvalue weighted by Crippen LogP contribution is 2.36. The first-order valence-corrected chi connectivity index (χ1v) is 7.47. The first kappa shape index (κ1) is 14.3. The van der Waals surface area contributed by atoms with E-state index in [2.05, 4.69) is 18.7 Å². The highest BCUT2D eigenvalue weighted by molar-refractivity contribution is 6.30. The molecule has 0 aliphatic heterocycles. The molecule has 0 N–H and O–H groups in total. The van der Waals surface area contributed by atoms with E-state index < -0.39 is 0 Å². The zero-order valence-electron chi connectivity index (χ0n) is 11.3. The van der Waals surface area contributed by atoms with Gasteiger partial charge in [0, 0.05) is 17.4 Å². The van der Waals surface area contributed by atoms with E-state index in [4.69, 9.17) is 11.6 Å². The van der Waals surface area contributed by atoms with Gasteiger partial charge in [0.05, 0.1) is 0 Å². The molecular weight excluding hydrogens is 256 g/mol. The molecule has 0 amide bonds. The fourth-order valence-electron chi connectivity index (χ4n) is 2.93. The maximum atomic E-state index is 12.0. The number of hydrogen-bond acceptors (Lipinski definition) is 1. The van der Waals surface area contributed by atoms with Crippen LogP contribution in [-0.2, 0) is 4.79 Å². The number of rotatable bonds is 5. The molecule has 0 bridgehead atoms. The standard InChI is InChI=1S/C17H21ClO/c1-2-3-4-17(19)15-7-5-13(6-8-15)14-9-11-16(18)12-10-14/h2,9-13,15H,1,3-8H2. The Labute approximate surface area is 120 Å². The Balaban J connectivity index is 1.86. The van der Waals surface area contributed by atoms with E-state index in [0.717, 1.165) is 37.1 Å². The fourth-order valence-corrected chi connectivity index (χ4v) is 3.06. The molecule has 19 heavy (non-hydrogen) atoms. The van der Waals surface area contributed by atoms with Gasteiger partial charge in [-0.3, -0.25) is 4.79 Å². The van der Waals surface area contributed by atoms with Gasteiger partial charge in [-0.05, 0) is 55.7 Å². The molecule has 0 radical (unpaired) electrons. The van der Waals surface area contributed by atoms with Crippen molar-refractivity contribution < 1.29 is 4.79 Å². The Morgan fingerprint density at radius 1 is 1.21 bits per heavy atom. The van der Waals surface area contributed by atoms with Gasteiger partial charge in [0.25, 0.3) is 0 Å². The van der Waals surface area contributed by atoms with Crippen molar-refractivity contribution in [1.29, 1.82) is 0 Å². The summed E-state index contributed by atoms with van der Waals surface area (Å²) in [6, 6.07) is 8.15. The van der Waals surface area contributed by atoms with Crippen molar-refractivity contribution in [2.45, 2.75) is 44.4 Å². The molecule has 1 aromatic carbocycles. The monoisotopic (exact) mass is 276 g/mol. The summed E-state index contributed by atoms with van der Waals surface area (Å²) in [7, 11) is 0. The largest absolute Gasteiger partial charge is 0.299 e. The van der Waals surface area contributed by atoms with Crippen molar-refractivity contribution in [3.05, 3.63) is 47.5 Å². The lowest BCUT2D eigenvalue weighted by atomic mass is 9.76. The molecule has 0 spiro atoms. The number of ketones is 1. The molecule has 0 heterocycles. The molecule has 1 aliphatic rings. The summed E-state index contributed by atoms with van der Waals surface area (Å²) in [5.74, 6) is 1.30. The Hall–Kier alpha value is -1.08. The lowest BCUT2D eigenvalue weighted by molar-refractivity contribution is -0.123. The number of benzene rings is 1. The van der Waals surface area contributed by atoms with Crippen LogP contribution in [0.25, 0.3) is 0 Å². The third-order valence-electron chi connectivity index (χ3n) is 4.12. The van der Waals surface area contributed by atoms with E-state index in [1.54, 1.807) is 0 Å². The number of carbonyl (C=O) groups excluding carboxylic acids is 1. The van der Waals surface area contributed by atoms with Crippen molar-refractivity contribution in [2.24, 2.45) is 5.92 Å². The van der Waals surface area contributed by atoms with Crippen molar-refractivity contribution >= 4 is 17.4 Å². The SMILES string of the molecule is C=CCCC(=O)C1CCC(c2ccc(Cl)cc2)CC1. The predicted octanol–water partition coefficient (Wildman–Crippen LogP) is 5.15. The van der Waals surface area contributed by atoms with Crippen molar-refractivity contribution in [3.63, 3.8) is 0 Å². The minimum absolute atomic E-state index is 0.281. The smallest absolute Gasteiger partial charge is 0.136 e. The van der Waals surface area contributed by atoms with E-state index in [1.165, 1.54) is 5.56 Å². The summed E-state index contributed by atoms with van der Waals surface area (Å²) in [4.78, 5) is 12.0. The van der Waals surface area contributed by atoms with Crippen molar-refractivity contribution in [3.8, 4) is 0 Å². The molecule has 2 heteroatoms. The molecule has 1 saturated carbocycles. The normalized spacial score (nSPS) is 23.0. The van der Waals surface area contributed by atoms with Gasteiger partial charge >= 0.3 is 0 Å². The molecule has 0 unspecified atom stereocenters. The third-order valence-corrected chi connectivity index (χ3v) is 4.37. The van der Waals surface area contributed by atoms with E-state index in [9.17, 15) is 4.79 Å². The van der Waals surface area contributed by atoms with Crippen LogP contribution < -0.4 is 0 Å². The van der Waals surface area contributed by atoms with E-state index in [1.807, 2.05) is 18.2 Å². The highest BCUT2D eigenvalue weighted by atomic mass is 35.5.